The Morgan fingerprint density at radius 3 is 2.53 bits per heavy atom. The van der Waals surface area contributed by atoms with Crippen molar-refractivity contribution >= 4 is 0 Å². The summed E-state index contributed by atoms with van der Waals surface area (Å²) < 4.78 is 5.64. The molecule has 0 heterocycles. The molecular formula is C17H27NO. The largest absolute Gasteiger partial charge is 0.494 e. The second kappa shape index (κ2) is 6.95. The summed E-state index contributed by atoms with van der Waals surface area (Å²) >= 11 is 0. The van der Waals surface area contributed by atoms with Gasteiger partial charge in [0, 0.05) is 6.04 Å². The van der Waals surface area contributed by atoms with E-state index in [0.717, 1.165) is 31.1 Å². The fraction of sp³-hybridized carbons (Fsp3) is 0.647. The van der Waals surface area contributed by atoms with Gasteiger partial charge in [0.25, 0.3) is 0 Å². The van der Waals surface area contributed by atoms with E-state index >= 15 is 0 Å². The molecule has 1 saturated carbocycles. The second-order valence-electron chi connectivity index (χ2n) is 5.78. The molecule has 2 N–H and O–H groups in total. The number of hydrogen-bond donors (Lipinski definition) is 1. The summed E-state index contributed by atoms with van der Waals surface area (Å²) in [5, 5.41) is 0. The fourth-order valence-corrected chi connectivity index (χ4v) is 3.07. The highest BCUT2D eigenvalue weighted by Crippen LogP contribution is 2.37. The minimum atomic E-state index is 0.324. The van der Waals surface area contributed by atoms with Crippen LogP contribution in [0.4, 0.5) is 0 Å². The third kappa shape index (κ3) is 3.73. The Morgan fingerprint density at radius 2 is 1.89 bits per heavy atom. The minimum Gasteiger partial charge on any atom is -0.494 e. The van der Waals surface area contributed by atoms with Crippen molar-refractivity contribution in [2.45, 2.75) is 57.9 Å². The van der Waals surface area contributed by atoms with Gasteiger partial charge in [-0.3, -0.25) is 0 Å². The van der Waals surface area contributed by atoms with E-state index in [1.807, 2.05) is 0 Å². The van der Waals surface area contributed by atoms with Crippen molar-refractivity contribution in [3.63, 3.8) is 0 Å². The van der Waals surface area contributed by atoms with Crippen LogP contribution in [-0.2, 0) is 0 Å². The Bertz CT molecular complexity index is 373. The van der Waals surface area contributed by atoms with E-state index in [9.17, 15) is 0 Å². The molecule has 2 nitrogen and oxygen atoms in total. The van der Waals surface area contributed by atoms with Crippen molar-refractivity contribution in [1.29, 1.82) is 0 Å². The van der Waals surface area contributed by atoms with Gasteiger partial charge in [-0.25, -0.2) is 0 Å². The van der Waals surface area contributed by atoms with E-state index in [-0.39, 0.29) is 0 Å². The molecule has 0 aromatic heterocycles. The van der Waals surface area contributed by atoms with Gasteiger partial charge in [0.2, 0.25) is 0 Å². The highest BCUT2D eigenvalue weighted by Gasteiger charge is 2.28. The van der Waals surface area contributed by atoms with E-state index in [1.165, 1.54) is 24.8 Å². The van der Waals surface area contributed by atoms with E-state index < -0.39 is 0 Å². The minimum absolute atomic E-state index is 0.324. The van der Waals surface area contributed by atoms with E-state index in [1.54, 1.807) is 0 Å². The Morgan fingerprint density at radius 1 is 1.16 bits per heavy atom. The first-order valence-electron chi connectivity index (χ1n) is 7.72. The molecule has 0 radical (unpaired) electrons. The number of rotatable bonds is 5. The predicted molar refractivity (Wildman–Crippen MR) is 80.6 cm³/mol. The topological polar surface area (TPSA) is 35.2 Å². The molecule has 1 aliphatic carbocycles. The average Bonchev–Trinajstić information content (AvgIpc) is 2.46. The summed E-state index contributed by atoms with van der Waals surface area (Å²) in [5.41, 5.74) is 7.70. The standard InChI is InChI=1S/C17H27NO/c1-3-11-19-15-8-6-14(7-9-15)16-12-13(4-2)5-10-17(16)18/h6-9,13,16-17H,3-5,10-12,18H2,1-2H3. The number of benzene rings is 1. The van der Waals surface area contributed by atoms with E-state index in [4.69, 9.17) is 10.5 Å². The third-order valence-corrected chi connectivity index (χ3v) is 4.37. The van der Waals surface area contributed by atoms with Crippen molar-refractivity contribution in [2.24, 2.45) is 11.7 Å². The quantitative estimate of drug-likeness (QED) is 0.866. The lowest BCUT2D eigenvalue weighted by molar-refractivity contribution is 0.282. The van der Waals surface area contributed by atoms with Crippen molar-refractivity contribution in [3.05, 3.63) is 29.8 Å². The van der Waals surface area contributed by atoms with Crippen LogP contribution in [0.2, 0.25) is 0 Å². The van der Waals surface area contributed by atoms with Crippen LogP contribution in [0.5, 0.6) is 5.75 Å². The zero-order valence-electron chi connectivity index (χ0n) is 12.3. The van der Waals surface area contributed by atoms with Gasteiger partial charge < -0.3 is 10.5 Å². The molecule has 1 aromatic carbocycles. The van der Waals surface area contributed by atoms with Gasteiger partial charge >= 0.3 is 0 Å². The van der Waals surface area contributed by atoms with Gasteiger partial charge in [0.15, 0.2) is 0 Å². The number of nitrogens with two attached hydrogens (primary N) is 1. The van der Waals surface area contributed by atoms with Crippen LogP contribution in [-0.4, -0.2) is 12.6 Å². The van der Waals surface area contributed by atoms with Crippen LogP contribution < -0.4 is 10.5 Å². The Balaban J connectivity index is 2.03. The Hall–Kier alpha value is -1.02. The molecule has 0 amide bonds. The van der Waals surface area contributed by atoms with Crippen LogP contribution in [0.1, 0.15) is 57.4 Å². The first-order chi connectivity index (χ1) is 9.24. The third-order valence-electron chi connectivity index (χ3n) is 4.37. The van der Waals surface area contributed by atoms with Gasteiger partial charge in [-0.1, -0.05) is 32.4 Å². The second-order valence-corrected chi connectivity index (χ2v) is 5.78. The summed E-state index contributed by atoms with van der Waals surface area (Å²) in [6.07, 6.45) is 6.03. The van der Waals surface area contributed by atoms with Crippen LogP contribution >= 0.6 is 0 Å². The van der Waals surface area contributed by atoms with Gasteiger partial charge in [-0.2, -0.15) is 0 Å². The molecule has 0 spiro atoms. The molecule has 3 unspecified atom stereocenters. The van der Waals surface area contributed by atoms with Crippen molar-refractivity contribution in [2.75, 3.05) is 6.61 Å². The number of ether oxygens (including phenoxy) is 1. The van der Waals surface area contributed by atoms with Crippen molar-refractivity contribution < 1.29 is 4.74 Å². The maximum atomic E-state index is 6.31. The fourth-order valence-electron chi connectivity index (χ4n) is 3.07. The molecule has 2 rings (SSSR count). The summed E-state index contributed by atoms with van der Waals surface area (Å²) in [5.74, 6) is 2.35. The van der Waals surface area contributed by atoms with Gasteiger partial charge in [0.05, 0.1) is 6.61 Å². The summed E-state index contributed by atoms with van der Waals surface area (Å²) in [4.78, 5) is 0. The monoisotopic (exact) mass is 261 g/mol. The molecule has 0 bridgehead atoms. The molecular weight excluding hydrogens is 234 g/mol. The smallest absolute Gasteiger partial charge is 0.119 e. The lowest BCUT2D eigenvalue weighted by atomic mass is 9.74. The highest BCUT2D eigenvalue weighted by atomic mass is 16.5. The maximum Gasteiger partial charge on any atom is 0.119 e. The molecule has 2 heteroatoms. The van der Waals surface area contributed by atoms with Crippen molar-refractivity contribution in [3.8, 4) is 5.75 Å². The number of hydrogen-bond acceptors (Lipinski definition) is 2. The average molecular weight is 261 g/mol. The van der Waals surface area contributed by atoms with Crippen molar-refractivity contribution in [1.82, 2.24) is 0 Å². The molecule has 1 aromatic rings. The van der Waals surface area contributed by atoms with E-state index in [2.05, 4.69) is 38.1 Å². The van der Waals surface area contributed by atoms with Crippen LogP contribution in [0.25, 0.3) is 0 Å². The molecule has 3 atom stereocenters. The predicted octanol–water partition coefficient (Wildman–Crippen LogP) is 4.10. The van der Waals surface area contributed by atoms with Crippen LogP contribution in [0.15, 0.2) is 24.3 Å². The van der Waals surface area contributed by atoms with Crippen LogP contribution in [0, 0.1) is 5.92 Å². The normalized spacial score (nSPS) is 27.2. The van der Waals surface area contributed by atoms with E-state index in [0.29, 0.717) is 12.0 Å². The highest BCUT2D eigenvalue weighted by molar-refractivity contribution is 5.30. The first kappa shape index (κ1) is 14.4. The maximum absolute atomic E-state index is 6.31. The summed E-state index contributed by atoms with van der Waals surface area (Å²) in [7, 11) is 0. The molecule has 1 fully saturated rings. The zero-order chi connectivity index (χ0) is 13.7. The molecule has 106 valence electrons. The summed E-state index contributed by atoms with van der Waals surface area (Å²) in [6, 6.07) is 8.91. The zero-order valence-corrected chi connectivity index (χ0v) is 12.3. The van der Waals surface area contributed by atoms with Gasteiger partial charge in [-0.15, -0.1) is 0 Å². The molecule has 0 aliphatic heterocycles. The first-order valence-corrected chi connectivity index (χ1v) is 7.72. The lowest BCUT2D eigenvalue weighted by Gasteiger charge is -2.34. The van der Waals surface area contributed by atoms with Gasteiger partial charge in [0.1, 0.15) is 5.75 Å². The SMILES string of the molecule is CCCOc1ccc(C2CC(CC)CCC2N)cc1. The van der Waals surface area contributed by atoms with Crippen LogP contribution in [0.3, 0.4) is 0 Å². The molecule has 1 aliphatic rings. The molecule has 19 heavy (non-hydrogen) atoms. The Labute approximate surface area is 117 Å². The molecule has 0 saturated heterocycles. The Kier molecular flexibility index (Phi) is 5.26. The lowest BCUT2D eigenvalue weighted by Crippen LogP contribution is -2.34. The van der Waals surface area contributed by atoms with Gasteiger partial charge in [-0.05, 0) is 55.2 Å². The summed E-state index contributed by atoms with van der Waals surface area (Å²) in [6.45, 7) is 5.21.